The molecule has 1 aliphatic heterocycles. The highest BCUT2D eigenvalue weighted by Crippen LogP contribution is 2.56. The minimum absolute atomic E-state index is 0.0280. The Balaban J connectivity index is 2.02. The lowest BCUT2D eigenvalue weighted by molar-refractivity contribution is -0.149. The molecular formula is C15H22O2. The number of hydrogen-bond acceptors (Lipinski definition) is 2. The van der Waals surface area contributed by atoms with Crippen LogP contribution in [0.5, 0.6) is 0 Å². The van der Waals surface area contributed by atoms with E-state index in [-0.39, 0.29) is 23.4 Å². The van der Waals surface area contributed by atoms with Crippen LogP contribution in [0.15, 0.2) is 11.6 Å². The molecule has 17 heavy (non-hydrogen) atoms. The summed E-state index contributed by atoms with van der Waals surface area (Å²) in [4.78, 5) is 11.8. The molecule has 5 atom stereocenters. The molecule has 3 rings (SSSR count). The molecule has 0 spiro atoms. The number of fused-ring (bicyclic) bond motifs is 3. The van der Waals surface area contributed by atoms with Crippen molar-refractivity contribution in [1.29, 1.82) is 0 Å². The van der Waals surface area contributed by atoms with Crippen molar-refractivity contribution in [2.75, 3.05) is 0 Å². The maximum Gasteiger partial charge on any atom is 0.309 e. The Bertz CT molecular complexity index is 384. The number of allylic oxidation sites excluding steroid dienone is 1. The fourth-order valence-electron chi connectivity index (χ4n) is 4.23. The zero-order valence-corrected chi connectivity index (χ0v) is 11.0. The molecule has 2 aliphatic carbocycles. The SMILES string of the molecule is C[C@@H]1C(=O)O[C@H]2[C@@H]1CCC1=CCC[C@H](C)[C@]12C. The van der Waals surface area contributed by atoms with Crippen molar-refractivity contribution < 1.29 is 9.53 Å². The van der Waals surface area contributed by atoms with Gasteiger partial charge in [-0.15, -0.1) is 0 Å². The number of rotatable bonds is 0. The van der Waals surface area contributed by atoms with E-state index < -0.39 is 0 Å². The van der Waals surface area contributed by atoms with Crippen molar-refractivity contribution in [1.82, 2.24) is 0 Å². The molecule has 3 aliphatic rings. The summed E-state index contributed by atoms with van der Waals surface area (Å²) in [6, 6.07) is 0. The van der Waals surface area contributed by atoms with E-state index in [1.54, 1.807) is 5.57 Å². The predicted octanol–water partition coefficient (Wildman–Crippen LogP) is 3.32. The van der Waals surface area contributed by atoms with Gasteiger partial charge in [0, 0.05) is 11.3 Å². The molecular weight excluding hydrogens is 212 g/mol. The summed E-state index contributed by atoms with van der Waals surface area (Å²) in [7, 11) is 0. The lowest BCUT2D eigenvalue weighted by Crippen LogP contribution is -2.48. The van der Waals surface area contributed by atoms with Crippen LogP contribution in [0.1, 0.15) is 46.5 Å². The van der Waals surface area contributed by atoms with E-state index in [1.807, 2.05) is 6.92 Å². The van der Waals surface area contributed by atoms with Crippen LogP contribution in [0, 0.1) is 23.2 Å². The highest BCUT2D eigenvalue weighted by Gasteiger charge is 2.57. The van der Waals surface area contributed by atoms with Gasteiger partial charge in [-0.1, -0.05) is 32.4 Å². The van der Waals surface area contributed by atoms with Gasteiger partial charge in [-0.2, -0.15) is 0 Å². The Morgan fingerprint density at radius 2 is 2.12 bits per heavy atom. The number of carbonyl (C=O) groups is 1. The monoisotopic (exact) mass is 234 g/mol. The first-order valence-corrected chi connectivity index (χ1v) is 6.95. The molecule has 2 heteroatoms. The minimum Gasteiger partial charge on any atom is -0.461 e. The third kappa shape index (κ3) is 1.36. The van der Waals surface area contributed by atoms with Crippen molar-refractivity contribution >= 4 is 5.97 Å². The molecule has 0 aromatic carbocycles. The molecule has 0 amide bonds. The summed E-state index contributed by atoms with van der Waals surface area (Å²) in [6.07, 6.45) is 7.28. The van der Waals surface area contributed by atoms with Crippen molar-refractivity contribution in [2.45, 2.75) is 52.6 Å². The minimum atomic E-state index is 0.0280. The summed E-state index contributed by atoms with van der Waals surface area (Å²) in [5.41, 5.74) is 1.67. The second-order valence-corrected chi connectivity index (χ2v) is 6.34. The highest BCUT2D eigenvalue weighted by atomic mass is 16.6. The van der Waals surface area contributed by atoms with Crippen LogP contribution < -0.4 is 0 Å². The first kappa shape index (κ1) is 11.3. The third-order valence-electron chi connectivity index (χ3n) is 5.69. The molecule has 2 nitrogen and oxygen atoms in total. The quantitative estimate of drug-likeness (QED) is 0.475. The zero-order chi connectivity index (χ0) is 12.2. The van der Waals surface area contributed by atoms with Crippen LogP contribution in [0.25, 0.3) is 0 Å². The summed E-state index contributed by atoms with van der Waals surface area (Å²) in [6.45, 7) is 6.69. The van der Waals surface area contributed by atoms with Crippen LogP contribution in [-0.4, -0.2) is 12.1 Å². The van der Waals surface area contributed by atoms with E-state index in [0.717, 1.165) is 6.42 Å². The van der Waals surface area contributed by atoms with E-state index in [1.165, 1.54) is 19.3 Å². The van der Waals surface area contributed by atoms with Gasteiger partial charge >= 0.3 is 5.97 Å². The van der Waals surface area contributed by atoms with Crippen molar-refractivity contribution in [3.8, 4) is 0 Å². The Kier molecular flexibility index (Phi) is 2.39. The Hall–Kier alpha value is -0.790. The fourth-order valence-corrected chi connectivity index (χ4v) is 4.23. The second-order valence-electron chi connectivity index (χ2n) is 6.34. The van der Waals surface area contributed by atoms with Crippen molar-refractivity contribution in [3.05, 3.63) is 11.6 Å². The first-order chi connectivity index (χ1) is 8.05. The first-order valence-electron chi connectivity index (χ1n) is 6.95. The van der Waals surface area contributed by atoms with E-state index in [9.17, 15) is 4.79 Å². The van der Waals surface area contributed by atoms with Crippen molar-refractivity contribution in [2.24, 2.45) is 23.2 Å². The molecule has 0 bridgehead atoms. The molecule has 1 heterocycles. The Labute approximate surface area is 103 Å². The summed E-state index contributed by atoms with van der Waals surface area (Å²) in [5, 5.41) is 0. The maximum atomic E-state index is 11.8. The Morgan fingerprint density at radius 1 is 1.35 bits per heavy atom. The average molecular weight is 234 g/mol. The highest BCUT2D eigenvalue weighted by molar-refractivity contribution is 5.75. The number of esters is 1. The normalized spacial score (nSPS) is 49.1. The predicted molar refractivity (Wildman–Crippen MR) is 66.4 cm³/mol. The molecule has 94 valence electrons. The molecule has 0 radical (unpaired) electrons. The Morgan fingerprint density at radius 3 is 2.88 bits per heavy atom. The van der Waals surface area contributed by atoms with Gasteiger partial charge in [0.05, 0.1) is 5.92 Å². The summed E-state index contributed by atoms with van der Waals surface area (Å²) in [5.74, 6) is 1.21. The molecule has 0 unspecified atom stereocenters. The largest absolute Gasteiger partial charge is 0.461 e. The van der Waals surface area contributed by atoms with Crippen LogP contribution in [0.3, 0.4) is 0 Å². The lowest BCUT2D eigenvalue weighted by atomic mass is 9.56. The molecule has 0 N–H and O–H groups in total. The van der Waals surface area contributed by atoms with Crippen molar-refractivity contribution in [3.63, 3.8) is 0 Å². The second kappa shape index (κ2) is 3.60. The van der Waals surface area contributed by atoms with E-state index >= 15 is 0 Å². The fraction of sp³-hybridized carbons (Fsp3) is 0.800. The average Bonchev–Trinajstić information content (AvgIpc) is 2.59. The molecule has 0 aromatic rings. The van der Waals surface area contributed by atoms with Crippen LogP contribution in [0.2, 0.25) is 0 Å². The van der Waals surface area contributed by atoms with Crippen LogP contribution in [0.4, 0.5) is 0 Å². The van der Waals surface area contributed by atoms with E-state index in [2.05, 4.69) is 19.9 Å². The van der Waals surface area contributed by atoms with E-state index in [4.69, 9.17) is 4.74 Å². The van der Waals surface area contributed by atoms with Gasteiger partial charge in [0.1, 0.15) is 6.10 Å². The van der Waals surface area contributed by atoms with Gasteiger partial charge < -0.3 is 4.74 Å². The summed E-state index contributed by atoms with van der Waals surface area (Å²) < 4.78 is 5.74. The molecule has 1 saturated carbocycles. The van der Waals surface area contributed by atoms with Gasteiger partial charge in [-0.25, -0.2) is 0 Å². The zero-order valence-electron chi connectivity index (χ0n) is 11.0. The number of hydrogen-bond donors (Lipinski definition) is 0. The van der Waals surface area contributed by atoms with Gasteiger partial charge in [0.15, 0.2) is 0 Å². The number of carbonyl (C=O) groups excluding carboxylic acids is 1. The molecule has 2 fully saturated rings. The lowest BCUT2D eigenvalue weighted by Gasteiger charge is -2.49. The standard InChI is InChI=1S/C15H22O2/c1-9-5-4-6-11-7-8-12-10(2)14(16)17-13(12)15(9,11)3/h6,9-10,12-13H,4-5,7-8H2,1-3H3/t9-,10-,12+,13-,15+/m0/s1. The van der Waals surface area contributed by atoms with Gasteiger partial charge in [-0.05, 0) is 31.6 Å². The number of ether oxygens (including phenoxy) is 1. The van der Waals surface area contributed by atoms with Gasteiger partial charge in [0.25, 0.3) is 0 Å². The van der Waals surface area contributed by atoms with Crippen LogP contribution in [-0.2, 0) is 9.53 Å². The topological polar surface area (TPSA) is 26.3 Å². The van der Waals surface area contributed by atoms with Gasteiger partial charge in [-0.3, -0.25) is 4.79 Å². The van der Waals surface area contributed by atoms with Gasteiger partial charge in [0.2, 0.25) is 0 Å². The summed E-state index contributed by atoms with van der Waals surface area (Å²) >= 11 is 0. The molecule has 1 saturated heterocycles. The third-order valence-corrected chi connectivity index (χ3v) is 5.69. The van der Waals surface area contributed by atoms with Crippen LogP contribution >= 0.6 is 0 Å². The smallest absolute Gasteiger partial charge is 0.309 e. The van der Waals surface area contributed by atoms with E-state index in [0.29, 0.717) is 11.8 Å². The molecule has 0 aromatic heterocycles. The maximum absolute atomic E-state index is 11.8.